The van der Waals surface area contributed by atoms with Crippen molar-refractivity contribution in [3.8, 4) is 17.1 Å². The van der Waals surface area contributed by atoms with Gasteiger partial charge in [-0.25, -0.2) is 9.19 Å². The molecule has 0 bridgehead atoms. The molecule has 11 heteroatoms. The van der Waals surface area contributed by atoms with Crippen LogP contribution >= 0.6 is 0 Å². The van der Waals surface area contributed by atoms with Crippen molar-refractivity contribution in [1.82, 2.24) is 15.1 Å². The van der Waals surface area contributed by atoms with Crippen molar-refractivity contribution < 1.29 is 26.6 Å². The molecule has 3 rings (SSSR count). The third-order valence-electron chi connectivity index (χ3n) is 3.44. The highest BCUT2D eigenvalue weighted by Gasteiger charge is 2.38. The van der Waals surface area contributed by atoms with Gasteiger partial charge in [-0.3, -0.25) is 0 Å². The van der Waals surface area contributed by atoms with Crippen LogP contribution in [0.1, 0.15) is 5.89 Å². The number of pyridine rings is 1. The van der Waals surface area contributed by atoms with Crippen LogP contribution in [0.2, 0.25) is 0 Å². The van der Waals surface area contributed by atoms with E-state index in [4.69, 9.17) is 4.74 Å². The Kier molecular flexibility index (Phi) is 4.87. The zero-order valence-electron chi connectivity index (χ0n) is 14.1. The summed E-state index contributed by atoms with van der Waals surface area (Å²) in [5, 5.41) is 3.28. The molecule has 0 spiro atoms. The number of benzene rings is 1. The first-order valence-electron chi connectivity index (χ1n) is 7.42. The maximum Gasteiger partial charge on any atom is 0.471 e. The third-order valence-corrected chi connectivity index (χ3v) is 5.12. The number of aromatic nitrogens is 3. The standard InChI is InChI=1S/C16H13F3N4O3S/c1-25-11-4-6-12(7-5-11)27(2,24)23-13-8-3-10(9-20-13)14-21-15(26-22-14)16(17,18)19/h3-9H,1-2H3. The number of nitrogens with zero attached hydrogens (tertiary/aromatic N) is 4. The van der Waals surface area contributed by atoms with Gasteiger partial charge in [0.2, 0.25) is 5.82 Å². The molecule has 0 N–H and O–H groups in total. The van der Waals surface area contributed by atoms with Crippen LogP contribution in [-0.4, -0.2) is 32.7 Å². The molecule has 27 heavy (non-hydrogen) atoms. The quantitative estimate of drug-likeness (QED) is 0.661. The summed E-state index contributed by atoms with van der Waals surface area (Å²) in [6.07, 6.45) is -2.04. The van der Waals surface area contributed by atoms with Gasteiger partial charge in [0.05, 0.1) is 16.8 Å². The molecule has 2 heterocycles. The molecule has 142 valence electrons. The zero-order valence-corrected chi connectivity index (χ0v) is 14.9. The van der Waals surface area contributed by atoms with Crippen LogP contribution in [0.4, 0.5) is 19.0 Å². The lowest BCUT2D eigenvalue weighted by Gasteiger charge is -2.06. The fourth-order valence-electron chi connectivity index (χ4n) is 2.09. The SMILES string of the molecule is COc1ccc(S(C)(=O)=Nc2ccc(-c3noc(C(F)(F)F)n3)cn2)cc1. The molecule has 7 nitrogen and oxygen atoms in total. The van der Waals surface area contributed by atoms with E-state index in [1.807, 2.05) is 0 Å². The van der Waals surface area contributed by atoms with Crippen LogP contribution in [0.5, 0.6) is 5.75 Å². The summed E-state index contributed by atoms with van der Waals surface area (Å²) in [4.78, 5) is 7.76. The molecule has 0 aliphatic rings. The highest BCUT2D eigenvalue weighted by Crippen LogP contribution is 2.29. The van der Waals surface area contributed by atoms with Crippen LogP contribution in [0.15, 0.2) is 56.4 Å². The molecule has 0 saturated heterocycles. The molecule has 1 unspecified atom stereocenters. The molecule has 0 fully saturated rings. The summed E-state index contributed by atoms with van der Waals surface area (Å²) in [7, 11) is -1.25. The van der Waals surface area contributed by atoms with E-state index in [2.05, 4.69) is 24.0 Å². The molecule has 1 atom stereocenters. The van der Waals surface area contributed by atoms with Crippen molar-refractivity contribution in [3.63, 3.8) is 0 Å². The first-order valence-corrected chi connectivity index (χ1v) is 9.35. The molecule has 0 aliphatic carbocycles. The summed E-state index contributed by atoms with van der Waals surface area (Å²) in [5.41, 5.74) is 0.209. The number of alkyl halides is 3. The van der Waals surface area contributed by atoms with Crippen LogP contribution < -0.4 is 4.74 Å². The Morgan fingerprint density at radius 2 is 1.85 bits per heavy atom. The fraction of sp³-hybridized carbons (Fsp3) is 0.188. The minimum Gasteiger partial charge on any atom is -0.497 e. The van der Waals surface area contributed by atoms with Crippen LogP contribution in [-0.2, 0) is 15.9 Å². The summed E-state index contributed by atoms with van der Waals surface area (Å²) < 4.78 is 63.7. The Balaban J connectivity index is 1.87. The van der Waals surface area contributed by atoms with Gasteiger partial charge in [0.15, 0.2) is 5.82 Å². The maximum atomic E-state index is 12.8. The van der Waals surface area contributed by atoms with E-state index in [-0.39, 0.29) is 17.2 Å². The van der Waals surface area contributed by atoms with Gasteiger partial charge in [0, 0.05) is 22.9 Å². The number of methoxy groups -OCH3 is 1. The summed E-state index contributed by atoms with van der Waals surface area (Å²) in [6, 6.07) is 9.43. The lowest BCUT2D eigenvalue weighted by molar-refractivity contribution is -0.159. The minimum atomic E-state index is -4.72. The second kappa shape index (κ2) is 6.99. The summed E-state index contributed by atoms with van der Waals surface area (Å²) in [5.74, 6) is -0.924. The van der Waals surface area contributed by atoms with Gasteiger partial charge in [0.1, 0.15) is 5.75 Å². The van der Waals surface area contributed by atoms with Crippen molar-refractivity contribution in [2.24, 2.45) is 4.36 Å². The van der Waals surface area contributed by atoms with Gasteiger partial charge < -0.3 is 9.26 Å². The number of hydrogen-bond donors (Lipinski definition) is 0. The highest BCUT2D eigenvalue weighted by atomic mass is 32.2. The Morgan fingerprint density at radius 3 is 2.37 bits per heavy atom. The van der Waals surface area contributed by atoms with Crippen molar-refractivity contribution in [1.29, 1.82) is 0 Å². The van der Waals surface area contributed by atoms with Crippen molar-refractivity contribution in [2.45, 2.75) is 11.1 Å². The normalized spacial score (nSPS) is 13.8. The lowest BCUT2D eigenvalue weighted by Crippen LogP contribution is -2.04. The number of rotatable bonds is 4. The molecular weight excluding hydrogens is 385 g/mol. The van der Waals surface area contributed by atoms with Crippen LogP contribution in [0, 0.1) is 0 Å². The van der Waals surface area contributed by atoms with Gasteiger partial charge in [-0.1, -0.05) is 5.16 Å². The van der Waals surface area contributed by atoms with Gasteiger partial charge in [-0.05, 0) is 36.4 Å². The summed E-state index contributed by atoms with van der Waals surface area (Å²) in [6.45, 7) is 0. The van der Waals surface area contributed by atoms with Gasteiger partial charge in [-0.15, -0.1) is 0 Å². The Bertz CT molecular complexity index is 1050. The molecule has 2 aromatic heterocycles. The van der Waals surface area contributed by atoms with E-state index in [1.165, 1.54) is 31.7 Å². The molecule has 1 aromatic carbocycles. The molecule has 0 radical (unpaired) electrons. The van der Waals surface area contributed by atoms with Crippen LogP contribution in [0.25, 0.3) is 11.4 Å². The van der Waals surface area contributed by atoms with E-state index in [1.54, 1.807) is 24.3 Å². The highest BCUT2D eigenvalue weighted by molar-refractivity contribution is 7.93. The zero-order chi connectivity index (χ0) is 19.7. The fourth-order valence-corrected chi connectivity index (χ4v) is 3.30. The Hall–Kier alpha value is -2.95. The van der Waals surface area contributed by atoms with E-state index in [9.17, 15) is 17.4 Å². The van der Waals surface area contributed by atoms with Gasteiger partial charge >= 0.3 is 12.1 Å². The average Bonchev–Trinajstić information content (AvgIpc) is 3.13. The second-order valence-electron chi connectivity index (χ2n) is 5.40. The maximum absolute atomic E-state index is 12.8. The number of halogens is 3. The minimum absolute atomic E-state index is 0.154. The molecule has 0 amide bonds. The smallest absolute Gasteiger partial charge is 0.471 e. The Morgan fingerprint density at radius 1 is 1.15 bits per heavy atom. The monoisotopic (exact) mass is 398 g/mol. The second-order valence-corrected chi connectivity index (χ2v) is 7.65. The predicted octanol–water partition coefficient (Wildman–Crippen LogP) is 3.95. The first kappa shape index (κ1) is 18.8. The van der Waals surface area contributed by atoms with E-state index >= 15 is 0 Å². The number of hydrogen-bond acceptors (Lipinski definition) is 7. The largest absolute Gasteiger partial charge is 0.497 e. The van der Waals surface area contributed by atoms with E-state index < -0.39 is 21.8 Å². The van der Waals surface area contributed by atoms with E-state index in [0.717, 1.165) is 0 Å². The summed E-state index contributed by atoms with van der Waals surface area (Å²) >= 11 is 0. The number of ether oxygens (including phenoxy) is 1. The van der Waals surface area contributed by atoms with Gasteiger partial charge in [0.25, 0.3) is 0 Å². The predicted molar refractivity (Wildman–Crippen MR) is 89.9 cm³/mol. The molecule has 3 aromatic rings. The van der Waals surface area contributed by atoms with Crippen LogP contribution in [0.3, 0.4) is 0 Å². The van der Waals surface area contributed by atoms with Gasteiger partial charge in [-0.2, -0.15) is 22.5 Å². The lowest BCUT2D eigenvalue weighted by atomic mass is 10.3. The average molecular weight is 398 g/mol. The molecule has 0 aliphatic heterocycles. The topological polar surface area (TPSA) is 90.5 Å². The van der Waals surface area contributed by atoms with Crippen molar-refractivity contribution in [2.75, 3.05) is 13.4 Å². The molecular formula is C16H13F3N4O3S. The Labute approximate surface area is 152 Å². The van der Waals surface area contributed by atoms with Crippen molar-refractivity contribution >= 4 is 15.5 Å². The van der Waals surface area contributed by atoms with Crippen molar-refractivity contribution in [3.05, 3.63) is 48.5 Å². The van der Waals surface area contributed by atoms with E-state index in [0.29, 0.717) is 10.6 Å². The molecule has 0 saturated carbocycles. The third kappa shape index (κ3) is 4.25. The first-order chi connectivity index (χ1) is 12.7.